The van der Waals surface area contributed by atoms with Crippen molar-refractivity contribution in [1.82, 2.24) is 10.1 Å². The van der Waals surface area contributed by atoms with E-state index in [1.165, 1.54) is 0 Å². The smallest absolute Gasteiger partial charge is 0.227 e. The highest BCUT2D eigenvalue weighted by molar-refractivity contribution is 5.54. The van der Waals surface area contributed by atoms with Crippen LogP contribution < -0.4 is 10.5 Å². The van der Waals surface area contributed by atoms with Gasteiger partial charge in [0.25, 0.3) is 0 Å². The molecule has 1 aromatic heterocycles. The van der Waals surface area contributed by atoms with Crippen LogP contribution in [0.25, 0.3) is 11.4 Å². The number of ether oxygens (including phenoxy) is 1. The molecule has 0 aliphatic heterocycles. The molecule has 0 unspecified atom stereocenters. The maximum absolute atomic E-state index is 5.64. The number of para-hydroxylation sites is 1. The lowest BCUT2D eigenvalue weighted by Crippen LogP contribution is -1.98. The Hall–Kier alpha value is -2.66. The first kappa shape index (κ1) is 16.2. The zero-order valence-electron chi connectivity index (χ0n) is 13.7. The molecule has 0 amide bonds. The van der Waals surface area contributed by atoms with Crippen LogP contribution in [0.1, 0.15) is 23.9 Å². The lowest BCUT2D eigenvalue weighted by molar-refractivity contribution is 0.335. The second-order valence-electron chi connectivity index (χ2n) is 5.45. The minimum absolute atomic E-state index is 0.525. The molecule has 0 atom stereocenters. The van der Waals surface area contributed by atoms with Gasteiger partial charge in [-0.3, -0.25) is 0 Å². The van der Waals surface area contributed by atoms with E-state index in [-0.39, 0.29) is 0 Å². The van der Waals surface area contributed by atoms with Crippen molar-refractivity contribution >= 4 is 0 Å². The van der Waals surface area contributed by atoms with Crippen molar-refractivity contribution in [2.75, 3.05) is 6.61 Å². The van der Waals surface area contributed by atoms with Crippen LogP contribution in [0.5, 0.6) is 5.75 Å². The molecule has 2 N–H and O–H groups in total. The fourth-order valence-corrected chi connectivity index (χ4v) is 2.51. The standard InChI is InChI=1S/C19H21N3O2/c1-2-23-17-6-4-3-5-15(17)11-12-18-21-19(22-24-18)16-9-7-14(13-20)8-10-16/h3-10H,2,11-13,20H2,1H3. The second-order valence-corrected chi connectivity index (χ2v) is 5.45. The highest BCUT2D eigenvalue weighted by Gasteiger charge is 2.10. The zero-order chi connectivity index (χ0) is 16.8. The van der Waals surface area contributed by atoms with Crippen LogP contribution in [0.15, 0.2) is 53.1 Å². The Kier molecular flexibility index (Phi) is 5.23. The lowest BCUT2D eigenvalue weighted by atomic mass is 10.1. The predicted molar refractivity (Wildman–Crippen MR) is 92.6 cm³/mol. The Labute approximate surface area is 141 Å². The van der Waals surface area contributed by atoms with Gasteiger partial charge in [0.2, 0.25) is 11.7 Å². The number of benzene rings is 2. The minimum Gasteiger partial charge on any atom is -0.494 e. The summed E-state index contributed by atoms with van der Waals surface area (Å²) in [5, 5.41) is 4.06. The van der Waals surface area contributed by atoms with E-state index >= 15 is 0 Å². The summed E-state index contributed by atoms with van der Waals surface area (Å²) in [6, 6.07) is 15.9. The molecule has 2 aromatic carbocycles. The normalized spacial score (nSPS) is 10.8. The summed E-state index contributed by atoms with van der Waals surface area (Å²) >= 11 is 0. The molecule has 1 heterocycles. The van der Waals surface area contributed by atoms with E-state index in [1.54, 1.807) is 0 Å². The average molecular weight is 323 g/mol. The topological polar surface area (TPSA) is 74.2 Å². The van der Waals surface area contributed by atoms with E-state index in [1.807, 2.05) is 49.4 Å². The van der Waals surface area contributed by atoms with Gasteiger partial charge in [-0.05, 0) is 30.5 Å². The molecule has 3 rings (SSSR count). The number of aromatic nitrogens is 2. The molecular formula is C19H21N3O2. The van der Waals surface area contributed by atoms with Crippen molar-refractivity contribution in [3.05, 3.63) is 65.5 Å². The Balaban J connectivity index is 1.68. The number of hydrogen-bond donors (Lipinski definition) is 1. The van der Waals surface area contributed by atoms with Crippen LogP contribution in [-0.4, -0.2) is 16.7 Å². The second kappa shape index (κ2) is 7.75. The predicted octanol–water partition coefficient (Wildman–Crippen LogP) is 3.38. The first-order valence-corrected chi connectivity index (χ1v) is 8.13. The Morgan fingerprint density at radius 3 is 2.58 bits per heavy atom. The molecule has 0 fully saturated rings. The molecule has 0 bridgehead atoms. The summed E-state index contributed by atoms with van der Waals surface area (Å²) in [6.45, 7) is 3.16. The van der Waals surface area contributed by atoms with Gasteiger partial charge >= 0.3 is 0 Å². The van der Waals surface area contributed by atoms with Crippen molar-refractivity contribution in [3.63, 3.8) is 0 Å². The van der Waals surface area contributed by atoms with Gasteiger partial charge in [-0.15, -0.1) is 0 Å². The molecule has 0 spiro atoms. The molecule has 0 radical (unpaired) electrons. The van der Waals surface area contributed by atoms with Crippen molar-refractivity contribution in [2.24, 2.45) is 5.73 Å². The quantitative estimate of drug-likeness (QED) is 0.721. The van der Waals surface area contributed by atoms with Gasteiger partial charge in [-0.25, -0.2) is 0 Å². The van der Waals surface area contributed by atoms with Gasteiger partial charge < -0.3 is 15.0 Å². The van der Waals surface area contributed by atoms with E-state index in [0.717, 1.165) is 28.9 Å². The first-order chi connectivity index (χ1) is 11.8. The van der Waals surface area contributed by atoms with E-state index in [0.29, 0.717) is 31.3 Å². The third kappa shape index (κ3) is 3.81. The van der Waals surface area contributed by atoms with Crippen LogP contribution in [0.3, 0.4) is 0 Å². The van der Waals surface area contributed by atoms with Crippen molar-refractivity contribution in [2.45, 2.75) is 26.3 Å². The highest BCUT2D eigenvalue weighted by atomic mass is 16.5. The number of rotatable bonds is 7. The van der Waals surface area contributed by atoms with Gasteiger partial charge in [0.05, 0.1) is 6.61 Å². The molecule has 3 aromatic rings. The molecule has 0 saturated carbocycles. The van der Waals surface area contributed by atoms with Crippen molar-refractivity contribution in [3.8, 4) is 17.1 Å². The highest BCUT2D eigenvalue weighted by Crippen LogP contribution is 2.21. The molecule has 5 nitrogen and oxygen atoms in total. The van der Waals surface area contributed by atoms with Gasteiger partial charge in [-0.1, -0.05) is 47.6 Å². The van der Waals surface area contributed by atoms with E-state index < -0.39 is 0 Å². The summed E-state index contributed by atoms with van der Waals surface area (Å²) in [7, 11) is 0. The Bertz CT molecular complexity index is 781. The van der Waals surface area contributed by atoms with E-state index in [2.05, 4.69) is 16.2 Å². The Morgan fingerprint density at radius 1 is 1.04 bits per heavy atom. The van der Waals surface area contributed by atoms with E-state index in [4.69, 9.17) is 15.0 Å². The molecule has 5 heteroatoms. The summed E-state index contributed by atoms with van der Waals surface area (Å²) < 4.78 is 11.0. The van der Waals surface area contributed by atoms with E-state index in [9.17, 15) is 0 Å². The lowest BCUT2D eigenvalue weighted by Gasteiger charge is -2.08. The van der Waals surface area contributed by atoms with Crippen LogP contribution in [0.4, 0.5) is 0 Å². The largest absolute Gasteiger partial charge is 0.494 e. The molecular weight excluding hydrogens is 302 g/mol. The minimum atomic E-state index is 0.525. The zero-order valence-corrected chi connectivity index (χ0v) is 13.7. The molecule has 0 aliphatic rings. The van der Waals surface area contributed by atoms with Gasteiger partial charge in [0.1, 0.15) is 5.75 Å². The summed E-state index contributed by atoms with van der Waals surface area (Å²) in [5.41, 5.74) is 8.76. The van der Waals surface area contributed by atoms with Crippen LogP contribution in [-0.2, 0) is 19.4 Å². The fraction of sp³-hybridized carbons (Fsp3) is 0.263. The Morgan fingerprint density at radius 2 is 1.83 bits per heavy atom. The van der Waals surface area contributed by atoms with Gasteiger partial charge in [0, 0.05) is 18.5 Å². The molecule has 0 aliphatic carbocycles. The number of hydrogen-bond acceptors (Lipinski definition) is 5. The van der Waals surface area contributed by atoms with Gasteiger partial charge in [0.15, 0.2) is 0 Å². The third-order valence-corrected chi connectivity index (χ3v) is 3.80. The summed E-state index contributed by atoms with van der Waals surface area (Å²) in [5.74, 6) is 2.14. The molecule has 0 saturated heterocycles. The monoisotopic (exact) mass is 323 g/mol. The van der Waals surface area contributed by atoms with Crippen molar-refractivity contribution < 1.29 is 9.26 Å². The van der Waals surface area contributed by atoms with Crippen LogP contribution in [0, 0.1) is 0 Å². The maximum Gasteiger partial charge on any atom is 0.227 e. The van der Waals surface area contributed by atoms with Gasteiger partial charge in [-0.2, -0.15) is 4.98 Å². The summed E-state index contributed by atoms with van der Waals surface area (Å²) in [4.78, 5) is 4.48. The number of nitrogens with two attached hydrogens (primary N) is 1. The number of nitrogens with zero attached hydrogens (tertiary/aromatic N) is 2. The van der Waals surface area contributed by atoms with Crippen LogP contribution in [0.2, 0.25) is 0 Å². The average Bonchev–Trinajstić information content (AvgIpc) is 3.10. The first-order valence-electron chi connectivity index (χ1n) is 8.13. The number of aryl methyl sites for hydroxylation is 2. The SMILES string of the molecule is CCOc1ccccc1CCc1nc(-c2ccc(CN)cc2)no1. The molecule has 124 valence electrons. The third-order valence-electron chi connectivity index (χ3n) is 3.80. The van der Waals surface area contributed by atoms with Crippen LogP contribution >= 0.6 is 0 Å². The fourth-order valence-electron chi connectivity index (χ4n) is 2.51. The summed E-state index contributed by atoms with van der Waals surface area (Å²) in [6.07, 6.45) is 1.47. The molecule has 24 heavy (non-hydrogen) atoms. The van der Waals surface area contributed by atoms with Crippen molar-refractivity contribution in [1.29, 1.82) is 0 Å². The maximum atomic E-state index is 5.64.